The maximum atomic E-state index is 13.0. The van der Waals surface area contributed by atoms with E-state index in [0.29, 0.717) is 17.9 Å². The molecule has 0 bridgehead atoms. The largest absolute Gasteiger partial charge is 0.371 e. The highest BCUT2D eigenvalue weighted by molar-refractivity contribution is 5.97. The standard InChI is InChI=1S/C28H33N9O2/c1-17-11-19-22(35(5)28(17)39)13-25(36-8-6-7-21(36)27(38)29-2)32-26(19)37-10-9-33(3)23-12-20(30-15-24(23)37)18-14-31-34(4)16-18/h11-16,21H,6-10H2,1-5H3,(H,29,38). The molecule has 11 nitrogen and oxygen atoms in total. The van der Waals surface area contributed by atoms with E-state index < -0.39 is 0 Å². The summed E-state index contributed by atoms with van der Waals surface area (Å²) < 4.78 is 3.45. The summed E-state index contributed by atoms with van der Waals surface area (Å²) in [7, 11) is 7.44. The Morgan fingerprint density at radius 1 is 1.05 bits per heavy atom. The normalized spacial score (nSPS) is 17.2. The van der Waals surface area contributed by atoms with Gasteiger partial charge >= 0.3 is 0 Å². The summed E-state index contributed by atoms with van der Waals surface area (Å²) in [6, 6.07) is 5.67. The van der Waals surface area contributed by atoms with Crippen LogP contribution in [-0.2, 0) is 18.9 Å². The number of carbonyl (C=O) groups excluding carboxylic acids is 1. The molecule has 0 aromatic carbocycles. The molecule has 1 N–H and O–H groups in total. The minimum Gasteiger partial charge on any atom is -0.371 e. The zero-order valence-electron chi connectivity index (χ0n) is 23.0. The fourth-order valence-corrected chi connectivity index (χ4v) is 5.79. The molecule has 11 heteroatoms. The summed E-state index contributed by atoms with van der Waals surface area (Å²) in [6.45, 7) is 4.04. The topological polar surface area (TPSA) is 104 Å². The summed E-state index contributed by atoms with van der Waals surface area (Å²) in [4.78, 5) is 42.1. The van der Waals surface area contributed by atoms with Gasteiger partial charge in [-0.1, -0.05) is 0 Å². The van der Waals surface area contributed by atoms with Gasteiger partial charge in [0.05, 0.1) is 35.0 Å². The van der Waals surface area contributed by atoms with Crippen LogP contribution in [0.2, 0.25) is 0 Å². The third-order valence-corrected chi connectivity index (χ3v) is 7.94. The Balaban J connectivity index is 1.54. The number of hydrogen-bond acceptors (Lipinski definition) is 8. The van der Waals surface area contributed by atoms with Crippen molar-refractivity contribution in [2.75, 3.05) is 48.4 Å². The molecule has 1 unspecified atom stereocenters. The van der Waals surface area contributed by atoms with Crippen LogP contribution < -0.4 is 25.6 Å². The van der Waals surface area contributed by atoms with E-state index in [1.807, 2.05) is 44.7 Å². The summed E-state index contributed by atoms with van der Waals surface area (Å²) in [6.07, 6.45) is 7.33. The molecule has 202 valence electrons. The monoisotopic (exact) mass is 527 g/mol. The second-order valence-corrected chi connectivity index (χ2v) is 10.4. The zero-order chi connectivity index (χ0) is 27.4. The van der Waals surface area contributed by atoms with Gasteiger partial charge in [0.1, 0.15) is 17.7 Å². The van der Waals surface area contributed by atoms with Crippen molar-refractivity contribution in [1.29, 1.82) is 0 Å². The van der Waals surface area contributed by atoms with Crippen LogP contribution in [0, 0.1) is 6.92 Å². The van der Waals surface area contributed by atoms with E-state index in [0.717, 1.165) is 65.3 Å². The van der Waals surface area contributed by atoms with Crippen LogP contribution in [-0.4, -0.2) is 70.0 Å². The van der Waals surface area contributed by atoms with E-state index in [1.54, 1.807) is 23.3 Å². The number of nitrogens with one attached hydrogen (secondary N) is 1. The summed E-state index contributed by atoms with van der Waals surface area (Å²) in [5.74, 6) is 1.43. The molecule has 2 aliphatic rings. The molecular weight excluding hydrogens is 494 g/mol. The molecule has 2 aliphatic heterocycles. The highest BCUT2D eigenvalue weighted by atomic mass is 16.2. The Morgan fingerprint density at radius 2 is 1.87 bits per heavy atom. The van der Waals surface area contributed by atoms with Gasteiger partial charge in [-0.2, -0.15) is 5.10 Å². The number of hydrogen-bond donors (Lipinski definition) is 1. The van der Waals surface area contributed by atoms with Crippen LogP contribution in [0.1, 0.15) is 18.4 Å². The molecular formula is C28H33N9O2. The molecule has 1 amide bonds. The Kier molecular flexibility index (Phi) is 6.00. The Bertz CT molecular complexity index is 1660. The van der Waals surface area contributed by atoms with Gasteiger partial charge in [0.25, 0.3) is 5.56 Å². The molecule has 1 saturated heterocycles. The number of carbonyl (C=O) groups is 1. The minimum atomic E-state index is -0.293. The Morgan fingerprint density at radius 3 is 2.62 bits per heavy atom. The molecule has 0 aliphatic carbocycles. The van der Waals surface area contributed by atoms with Gasteiger partial charge in [-0.3, -0.25) is 19.3 Å². The third kappa shape index (κ3) is 4.08. The minimum absolute atomic E-state index is 0.0224. The lowest BCUT2D eigenvalue weighted by molar-refractivity contribution is -0.121. The Labute approximate surface area is 226 Å². The van der Waals surface area contributed by atoms with Gasteiger partial charge in [-0.25, -0.2) is 4.98 Å². The van der Waals surface area contributed by atoms with Gasteiger partial charge in [-0.15, -0.1) is 0 Å². The number of aromatic nitrogens is 5. The average molecular weight is 528 g/mol. The lowest BCUT2D eigenvalue weighted by Crippen LogP contribution is -2.42. The third-order valence-electron chi connectivity index (χ3n) is 7.94. The Hall–Kier alpha value is -4.41. The molecule has 6 heterocycles. The molecule has 0 radical (unpaired) electrons. The predicted octanol–water partition coefficient (Wildman–Crippen LogP) is 2.34. The molecule has 1 fully saturated rings. The molecule has 0 saturated carbocycles. The first-order valence-corrected chi connectivity index (χ1v) is 13.2. The van der Waals surface area contributed by atoms with Gasteiger partial charge in [0.15, 0.2) is 0 Å². The van der Waals surface area contributed by atoms with Crippen molar-refractivity contribution in [3.8, 4) is 11.3 Å². The zero-order valence-corrected chi connectivity index (χ0v) is 23.0. The lowest BCUT2D eigenvalue weighted by atomic mass is 10.1. The highest BCUT2D eigenvalue weighted by Crippen LogP contribution is 2.41. The second kappa shape index (κ2) is 9.40. The smallest absolute Gasteiger partial charge is 0.253 e. The van der Waals surface area contributed by atoms with E-state index in [9.17, 15) is 9.59 Å². The first kappa shape index (κ1) is 24.9. The van der Waals surface area contributed by atoms with E-state index in [4.69, 9.17) is 9.97 Å². The lowest BCUT2D eigenvalue weighted by Gasteiger charge is -2.37. The summed E-state index contributed by atoms with van der Waals surface area (Å²) >= 11 is 0. The fraction of sp³-hybridized carbons (Fsp3) is 0.393. The van der Waals surface area contributed by atoms with Crippen LogP contribution in [0.3, 0.4) is 0 Å². The van der Waals surface area contributed by atoms with Crippen LogP contribution in [0.4, 0.5) is 23.0 Å². The fourth-order valence-electron chi connectivity index (χ4n) is 5.79. The van der Waals surface area contributed by atoms with E-state index in [-0.39, 0.29) is 17.5 Å². The number of nitrogens with zero attached hydrogens (tertiary/aromatic N) is 8. The second-order valence-electron chi connectivity index (χ2n) is 10.4. The number of rotatable bonds is 4. The van der Waals surface area contributed by atoms with Crippen molar-refractivity contribution in [2.45, 2.75) is 25.8 Å². The van der Waals surface area contributed by atoms with Crippen LogP contribution in [0.5, 0.6) is 0 Å². The molecule has 4 aromatic rings. The van der Waals surface area contributed by atoms with Crippen LogP contribution in [0.15, 0.2) is 41.6 Å². The predicted molar refractivity (Wildman–Crippen MR) is 153 cm³/mol. The van der Waals surface area contributed by atoms with Gasteiger partial charge in [0, 0.05) is 76.6 Å². The summed E-state index contributed by atoms with van der Waals surface area (Å²) in [5.41, 5.74) is 5.19. The molecule has 4 aromatic heterocycles. The number of fused-ring (bicyclic) bond motifs is 2. The maximum absolute atomic E-state index is 13.0. The van der Waals surface area contributed by atoms with Crippen molar-refractivity contribution < 1.29 is 4.79 Å². The van der Waals surface area contributed by atoms with Crippen LogP contribution in [0.25, 0.3) is 22.2 Å². The van der Waals surface area contributed by atoms with E-state index in [1.165, 1.54) is 0 Å². The molecule has 6 rings (SSSR count). The van der Waals surface area contributed by atoms with E-state index in [2.05, 4.69) is 38.2 Å². The van der Waals surface area contributed by atoms with Crippen molar-refractivity contribution >= 4 is 39.8 Å². The van der Waals surface area contributed by atoms with Gasteiger partial charge in [-0.05, 0) is 31.9 Å². The van der Waals surface area contributed by atoms with Gasteiger partial charge in [0.2, 0.25) is 5.91 Å². The van der Waals surface area contributed by atoms with Crippen LogP contribution >= 0.6 is 0 Å². The molecule has 1 atom stereocenters. The molecule has 0 spiro atoms. The maximum Gasteiger partial charge on any atom is 0.253 e. The first-order valence-electron chi connectivity index (χ1n) is 13.2. The van der Waals surface area contributed by atoms with E-state index >= 15 is 0 Å². The number of pyridine rings is 3. The SMILES string of the molecule is CNC(=O)C1CCCN1c1cc2c(cc(C)c(=O)n2C)c(N2CCN(C)c3cc(-c4cnn(C)c4)ncc32)n1. The molecule has 39 heavy (non-hydrogen) atoms. The average Bonchev–Trinajstić information content (AvgIpc) is 3.61. The number of amides is 1. The van der Waals surface area contributed by atoms with Crippen molar-refractivity contribution in [1.82, 2.24) is 29.6 Å². The summed E-state index contributed by atoms with van der Waals surface area (Å²) in [5, 5.41) is 7.98. The number of likely N-dealkylation sites (N-methyl/N-ethyl adjacent to an activating group) is 2. The first-order chi connectivity index (χ1) is 18.8. The van der Waals surface area contributed by atoms with Gasteiger partial charge < -0.3 is 24.6 Å². The number of aryl methyl sites for hydroxylation is 3. The quantitative estimate of drug-likeness (QED) is 0.431. The number of anilines is 4. The van der Waals surface area contributed by atoms with Crippen molar-refractivity contribution in [3.05, 3.63) is 52.7 Å². The van der Waals surface area contributed by atoms with Crippen molar-refractivity contribution in [3.63, 3.8) is 0 Å². The highest BCUT2D eigenvalue weighted by Gasteiger charge is 2.33. The van der Waals surface area contributed by atoms with Crippen molar-refractivity contribution in [2.24, 2.45) is 14.1 Å².